The van der Waals surface area contributed by atoms with Crippen molar-refractivity contribution in [1.29, 1.82) is 0 Å². The van der Waals surface area contributed by atoms with Gasteiger partial charge in [-0.25, -0.2) is 23.4 Å². The average molecular weight is 500 g/mol. The molecule has 0 aliphatic rings. The summed E-state index contributed by atoms with van der Waals surface area (Å²) in [5.41, 5.74) is 2.48. The number of hydroxylamine groups is 1. The van der Waals surface area contributed by atoms with Gasteiger partial charge in [0, 0.05) is 32.1 Å². The Morgan fingerprint density at radius 2 is 1.74 bits per heavy atom. The van der Waals surface area contributed by atoms with E-state index in [1.165, 1.54) is 28.8 Å². The predicted molar refractivity (Wildman–Crippen MR) is 121 cm³/mol. The Morgan fingerprint density at radius 1 is 1.09 bits per heavy atom. The van der Waals surface area contributed by atoms with Crippen molar-refractivity contribution in [1.82, 2.24) is 14.7 Å². The van der Waals surface area contributed by atoms with Gasteiger partial charge in [0.05, 0.1) is 13.2 Å². The lowest BCUT2D eigenvalue weighted by atomic mass is 10.2. The van der Waals surface area contributed by atoms with Crippen LogP contribution in [0.1, 0.15) is 5.56 Å². The van der Waals surface area contributed by atoms with Gasteiger partial charge in [-0.3, -0.25) is 10.0 Å². The van der Waals surface area contributed by atoms with Crippen molar-refractivity contribution in [2.75, 3.05) is 47.0 Å². The van der Waals surface area contributed by atoms with Crippen LogP contribution >= 0.6 is 11.9 Å². The number of methoxy groups -OCH3 is 1. The molecule has 0 spiro atoms. The number of likely N-dealkylation sites (N-methyl/N-ethyl adjacent to an activating group) is 1. The highest BCUT2D eigenvalue weighted by molar-refractivity contribution is 7.97. The monoisotopic (exact) mass is 499 g/mol. The van der Waals surface area contributed by atoms with Crippen molar-refractivity contribution in [3.05, 3.63) is 53.6 Å². The van der Waals surface area contributed by atoms with Gasteiger partial charge in [0.1, 0.15) is 12.4 Å². The SMILES string of the molecule is COCCOC(=O)N(C)CCN(CC(=O)NO)Sc1cc(F)c(Oc2ccc(C)cc2)c(F)c1. The van der Waals surface area contributed by atoms with Gasteiger partial charge >= 0.3 is 6.09 Å². The minimum atomic E-state index is -0.923. The van der Waals surface area contributed by atoms with E-state index in [2.05, 4.69) is 0 Å². The lowest BCUT2D eigenvalue weighted by Gasteiger charge is -2.24. The highest BCUT2D eigenvalue weighted by Crippen LogP contribution is 2.33. The van der Waals surface area contributed by atoms with Gasteiger partial charge < -0.3 is 19.1 Å². The Labute approximate surface area is 200 Å². The Morgan fingerprint density at radius 3 is 2.32 bits per heavy atom. The fourth-order valence-electron chi connectivity index (χ4n) is 2.59. The number of halogens is 2. The van der Waals surface area contributed by atoms with Crippen LogP contribution in [0.5, 0.6) is 11.5 Å². The third-order valence-corrected chi connectivity index (χ3v) is 5.42. The summed E-state index contributed by atoms with van der Waals surface area (Å²) >= 11 is 0.880. The molecule has 2 rings (SSSR count). The van der Waals surface area contributed by atoms with E-state index in [1.807, 2.05) is 6.92 Å². The van der Waals surface area contributed by atoms with Crippen LogP contribution in [-0.4, -0.2) is 73.4 Å². The number of benzene rings is 2. The number of hydrogen-bond acceptors (Lipinski definition) is 8. The van der Waals surface area contributed by atoms with E-state index in [-0.39, 0.29) is 43.5 Å². The number of rotatable bonds is 12. The first kappa shape index (κ1) is 27.3. The normalized spacial score (nSPS) is 10.8. The van der Waals surface area contributed by atoms with E-state index in [1.54, 1.807) is 24.3 Å². The smallest absolute Gasteiger partial charge is 0.409 e. The topological polar surface area (TPSA) is 101 Å². The molecule has 0 radical (unpaired) electrons. The molecule has 0 fully saturated rings. The highest BCUT2D eigenvalue weighted by atomic mass is 32.2. The summed E-state index contributed by atoms with van der Waals surface area (Å²) in [6.45, 7) is 2.16. The second-order valence-electron chi connectivity index (χ2n) is 7.15. The highest BCUT2D eigenvalue weighted by Gasteiger charge is 2.19. The van der Waals surface area contributed by atoms with Gasteiger partial charge in [0.2, 0.25) is 0 Å². The summed E-state index contributed by atoms with van der Waals surface area (Å²) < 4.78 is 45.8. The molecule has 0 aromatic heterocycles. The van der Waals surface area contributed by atoms with Crippen LogP contribution in [0.4, 0.5) is 13.6 Å². The summed E-state index contributed by atoms with van der Waals surface area (Å²) in [4.78, 5) is 25.1. The molecule has 34 heavy (non-hydrogen) atoms. The van der Waals surface area contributed by atoms with Crippen molar-refractivity contribution < 1.29 is 37.8 Å². The molecule has 2 N–H and O–H groups in total. The van der Waals surface area contributed by atoms with Crippen molar-refractivity contribution in [3.63, 3.8) is 0 Å². The number of carbonyl (C=O) groups is 2. The third-order valence-electron chi connectivity index (χ3n) is 4.40. The van der Waals surface area contributed by atoms with Gasteiger partial charge in [0.25, 0.3) is 5.91 Å². The molecule has 2 aromatic carbocycles. The summed E-state index contributed by atoms with van der Waals surface area (Å²) in [5.74, 6) is -2.85. The number of aryl methyl sites for hydroxylation is 1. The first-order valence-electron chi connectivity index (χ1n) is 10.2. The molecule has 0 saturated heterocycles. The minimum absolute atomic E-state index is 0.0839. The minimum Gasteiger partial charge on any atom is -0.451 e. The van der Waals surface area contributed by atoms with Gasteiger partial charge in [-0.15, -0.1) is 0 Å². The molecule has 0 unspecified atom stereocenters. The maximum absolute atomic E-state index is 14.6. The lowest BCUT2D eigenvalue weighted by Crippen LogP contribution is -2.38. The Kier molecular flexibility index (Phi) is 11.0. The van der Waals surface area contributed by atoms with Crippen LogP contribution in [0.3, 0.4) is 0 Å². The van der Waals surface area contributed by atoms with E-state index < -0.39 is 29.4 Å². The van der Waals surface area contributed by atoms with E-state index in [9.17, 15) is 18.4 Å². The standard InChI is InChI=1S/C22H27F2N3O6S/c1-15-4-6-16(7-5-15)33-21-18(23)12-17(13-19(21)24)34-27(14-20(28)25-30)9-8-26(2)22(29)32-11-10-31-3/h4-7,12-13,30H,8-11,14H2,1-3H3,(H,25,28). The second kappa shape index (κ2) is 13.7. The molecule has 186 valence electrons. The van der Waals surface area contributed by atoms with Gasteiger partial charge in [0.15, 0.2) is 17.4 Å². The number of amides is 2. The zero-order valence-electron chi connectivity index (χ0n) is 19.0. The zero-order chi connectivity index (χ0) is 25.1. The van der Waals surface area contributed by atoms with Gasteiger partial charge in [-0.2, -0.15) is 0 Å². The average Bonchev–Trinajstić information content (AvgIpc) is 2.80. The molecule has 0 saturated carbocycles. The van der Waals surface area contributed by atoms with E-state index >= 15 is 0 Å². The molecule has 12 heteroatoms. The van der Waals surface area contributed by atoms with E-state index in [0.29, 0.717) is 0 Å². The first-order valence-corrected chi connectivity index (χ1v) is 11.0. The number of hydrogen-bond donors (Lipinski definition) is 2. The van der Waals surface area contributed by atoms with Crippen molar-refractivity contribution >= 4 is 23.9 Å². The molecule has 0 bridgehead atoms. The number of nitrogens with one attached hydrogen (secondary N) is 1. The molecule has 2 aromatic rings. The largest absolute Gasteiger partial charge is 0.451 e. The molecule has 0 heterocycles. The maximum Gasteiger partial charge on any atom is 0.409 e. The lowest BCUT2D eigenvalue weighted by molar-refractivity contribution is -0.129. The molecular weight excluding hydrogens is 472 g/mol. The van der Waals surface area contributed by atoms with Crippen LogP contribution in [0.15, 0.2) is 41.3 Å². The number of nitrogens with zero attached hydrogens (tertiary/aromatic N) is 2. The van der Waals surface area contributed by atoms with Crippen molar-refractivity contribution in [3.8, 4) is 11.5 Å². The fourth-order valence-corrected chi connectivity index (χ4v) is 3.55. The quantitative estimate of drug-likeness (QED) is 0.198. The van der Waals surface area contributed by atoms with Crippen LogP contribution in [-0.2, 0) is 14.3 Å². The predicted octanol–water partition coefficient (Wildman–Crippen LogP) is 3.59. The Balaban J connectivity index is 2.07. The third kappa shape index (κ3) is 8.78. The van der Waals surface area contributed by atoms with Crippen molar-refractivity contribution in [2.24, 2.45) is 0 Å². The van der Waals surface area contributed by atoms with Crippen LogP contribution in [0.2, 0.25) is 0 Å². The summed E-state index contributed by atoms with van der Waals surface area (Å²) in [7, 11) is 2.98. The number of carbonyl (C=O) groups excluding carboxylic acids is 2. The zero-order valence-corrected chi connectivity index (χ0v) is 19.9. The van der Waals surface area contributed by atoms with Crippen LogP contribution in [0.25, 0.3) is 0 Å². The van der Waals surface area contributed by atoms with Gasteiger partial charge in [-0.1, -0.05) is 17.7 Å². The molecule has 0 atom stereocenters. The van der Waals surface area contributed by atoms with Crippen LogP contribution < -0.4 is 10.2 Å². The van der Waals surface area contributed by atoms with Gasteiger partial charge in [-0.05, 0) is 43.1 Å². The fraction of sp³-hybridized carbons (Fsp3) is 0.364. The molecule has 0 aliphatic heterocycles. The van der Waals surface area contributed by atoms with E-state index in [4.69, 9.17) is 19.4 Å². The first-order chi connectivity index (χ1) is 16.2. The Bertz CT molecular complexity index is 941. The van der Waals surface area contributed by atoms with Crippen LogP contribution in [0, 0.1) is 18.6 Å². The Hall–Kier alpha value is -2.93. The van der Waals surface area contributed by atoms with E-state index in [0.717, 1.165) is 29.6 Å². The molecule has 2 amide bonds. The summed E-state index contributed by atoms with van der Waals surface area (Å²) in [6.07, 6.45) is -0.594. The maximum atomic E-state index is 14.6. The summed E-state index contributed by atoms with van der Waals surface area (Å²) in [5, 5.41) is 8.85. The molecular formula is C22H27F2N3O6S. The molecule has 9 nitrogen and oxygen atoms in total. The summed E-state index contributed by atoms with van der Waals surface area (Å²) in [6, 6.07) is 8.85. The molecule has 0 aliphatic carbocycles. The second-order valence-corrected chi connectivity index (χ2v) is 8.32. The van der Waals surface area contributed by atoms with Crippen molar-refractivity contribution in [2.45, 2.75) is 11.8 Å². The number of ether oxygens (including phenoxy) is 3.